The van der Waals surface area contributed by atoms with Crippen molar-refractivity contribution in [2.24, 2.45) is 0 Å². The van der Waals surface area contributed by atoms with E-state index in [1.165, 1.54) is 6.33 Å². The molecule has 1 aromatic carbocycles. The van der Waals surface area contributed by atoms with Crippen LogP contribution in [0.4, 0.5) is 0 Å². The van der Waals surface area contributed by atoms with E-state index < -0.39 is 0 Å². The van der Waals surface area contributed by atoms with Crippen LogP contribution in [0.2, 0.25) is 5.15 Å². The van der Waals surface area contributed by atoms with Crippen LogP contribution in [0, 0.1) is 0 Å². The molecule has 0 amide bonds. The Labute approximate surface area is 145 Å². The molecular weight excluding hydrogens is 380 g/mol. The highest BCUT2D eigenvalue weighted by atomic mass is 79.9. The summed E-state index contributed by atoms with van der Waals surface area (Å²) in [5.41, 5.74) is 2.58. The molecule has 0 aliphatic carbocycles. The molecule has 0 atom stereocenters. The van der Waals surface area contributed by atoms with Crippen molar-refractivity contribution in [3.05, 3.63) is 64.3 Å². The number of rotatable bonds is 3. The highest BCUT2D eigenvalue weighted by Crippen LogP contribution is 2.24. The van der Waals surface area contributed by atoms with Crippen molar-refractivity contribution in [1.29, 1.82) is 0 Å². The van der Waals surface area contributed by atoms with Crippen LogP contribution in [0.25, 0.3) is 22.3 Å². The average Bonchev–Trinajstić information content (AvgIpc) is 3.17. The second kappa shape index (κ2) is 5.79. The lowest BCUT2D eigenvalue weighted by Gasteiger charge is -2.00. The number of hydrogen-bond acceptors (Lipinski definition) is 4. The van der Waals surface area contributed by atoms with Gasteiger partial charge in [-0.15, -0.1) is 0 Å². The van der Waals surface area contributed by atoms with Crippen molar-refractivity contribution in [1.82, 2.24) is 19.7 Å². The first-order valence-electron chi connectivity index (χ1n) is 6.87. The summed E-state index contributed by atoms with van der Waals surface area (Å²) in [5.74, 6) is 0.746. The van der Waals surface area contributed by atoms with Crippen LogP contribution in [-0.2, 0) is 6.54 Å². The highest BCUT2D eigenvalue weighted by molar-refractivity contribution is 9.10. The number of hydrogen-bond donors (Lipinski definition) is 0. The first-order valence-corrected chi connectivity index (χ1v) is 8.05. The van der Waals surface area contributed by atoms with Crippen LogP contribution in [0.1, 0.15) is 5.76 Å². The van der Waals surface area contributed by atoms with Gasteiger partial charge < -0.3 is 9.09 Å². The minimum Gasteiger partial charge on any atom is -0.359 e. The van der Waals surface area contributed by atoms with E-state index >= 15 is 0 Å². The van der Waals surface area contributed by atoms with Crippen molar-refractivity contribution in [3.8, 4) is 11.3 Å². The van der Waals surface area contributed by atoms with Gasteiger partial charge in [-0.3, -0.25) is 0 Å². The maximum absolute atomic E-state index is 6.07. The van der Waals surface area contributed by atoms with E-state index in [0.717, 1.165) is 32.5 Å². The zero-order chi connectivity index (χ0) is 15.8. The SMILES string of the molecule is Clc1ncnc2c1ccn2Cc1cc(-c2ccc(Br)cc2)no1. The first-order chi connectivity index (χ1) is 11.2. The Morgan fingerprint density at radius 1 is 1.13 bits per heavy atom. The number of nitrogens with zero attached hydrogens (tertiary/aromatic N) is 4. The molecule has 0 N–H and O–H groups in total. The molecule has 4 rings (SSSR count). The Morgan fingerprint density at radius 2 is 1.96 bits per heavy atom. The number of fused-ring (bicyclic) bond motifs is 1. The normalized spacial score (nSPS) is 11.2. The van der Waals surface area contributed by atoms with Crippen LogP contribution < -0.4 is 0 Å². The Kier molecular flexibility index (Phi) is 3.63. The molecule has 0 fully saturated rings. The van der Waals surface area contributed by atoms with Crippen LogP contribution in [0.3, 0.4) is 0 Å². The van der Waals surface area contributed by atoms with Gasteiger partial charge in [0.15, 0.2) is 5.76 Å². The van der Waals surface area contributed by atoms with Crippen molar-refractivity contribution in [2.45, 2.75) is 6.54 Å². The van der Waals surface area contributed by atoms with E-state index in [4.69, 9.17) is 16.1 Å². The van der Waals surface area contributed by atoms with Crippen molar-refractivity contribution >= 4 is 38.6 Å². The molecule has 0 aliphatic rings. The molecule has 7 heteroatoms. The first kappa shape index (κ1) is 14.4. The molecule has 0 spiro atoms. The zero-order valence-electron chi connectivity index (χ0n) is 11.8. The van der Waals surface area contributed by atoms with E-state index in [1.807, 2.05) is 47.2 Å². The topological polar surface area (TPSA) is 56.7 Å². The van der Waals surface area contributed by atoms with Gasteiger partial charge in [-0.25, -0.2) is 9.97 Å². The lowest BCUT2D eigenvalue weighted by molar-refractivity contribution is 0.379. The third-order valence-electron chi connectivity index (χ3n) is 3.53. The fraction of sp³-hybridized carbons (Fsp3) is 0.0625. The molecule has 0 radical (unpaired) electrons. The van der Waals surface area contributed by atoms with Gasteiger partial charge in [-0.2, -0.15) is 0 Å². The van der Waals surface area contributed by atoms with Gasteiger partial charge in [0.05, 0.1) is 11.9 Å². The summed E-state index contributed by atoms with van der Waals surface area (Å²) in [6.45, 7) is 0.528. The molecule has 3 aromatic heterocycles. The summed E-state index contributed by atoms with van der Waals surface area (Å²) in [4.78, 5) is 8.25. The summed E-state index contributed by atoms with van der Waals surface area (Å²) >= 11 is 9.49. The fourth-order valence-corrected chi connectivity index (χ4v) is 2.87. The Bertz CT molecular complexity index is 977. The standard InChI is InChI=1S/C16H10BrClN4O/c17-11-3-1-10(2-4-11)14-7-12(23-21-14)8-22-6-5-13-15(18)19-9-20-16(13)22/h1-7,9H,8H2. The summed E-state index contributed by atoms with van der Waals surface area (Å²) in [6.07, 6.45) is 3.36. The van der Waals surface area contributed by atoms with Gasteiger partial charge in [0.25, 0.3) is 0 Å². The van der Waals surface area contributed by atoms with E-state index in [-0.39, 0.29) is 0 Å². The predicted octanol–water partition coefficient (Wildman–Crippen LogP) is 4.55. The van der Waals surface area contributed by atoms with Crippen LogP contribution in [-0.4, -0.2) is 19.7 Å². The van der Waals surface area contributed by atoms with Gasteiger partial charge >= 0.3 is 0 Å². The van der Waals surface area contributed by atoms with Gasteiger partial charge in [-0.05, 0) is 18.2 Å². The van der Waals surface area contributed by atoms with Crippen molar-refractivity contribution in [3.63, 3.8) is 0 Å². The average molecular weight is 390 g/mol. The smallest absolute Gasteiger partial charge is 0.157 e. The molecule has 23 heavy (non-hydrogen) atoms. The molecule has 0 saturated heterocycles. The molecule has 3 heterocycles. The van der Waals surface area contributed by atoms with Gasteiger partial charge in [0.2, 0.25) is 0 Å². The van der Waals surface area contributed by atoms with E-state index in [0.29, 0.717) is 11.7 Å². The molecule has 0 aliphatic heterocycles. The number of aromatic nitrogens is 4. The Balaban J connectivity index is 1.64. The largest absolute Gasteiger partial charge is 0.359 e. The van der Waals surface area contributed by atoms with Gasteiger partial charge in [0.1, 0.15) is 22.8 Å². The van der Waals surface area contributed by atoms with Crippen molar-refractivity contribution < 1.29 is 4.52 Å². The van der Waals surface area contributed by atoms with Crippen LogP contribution >= 0.6 is 27.5 Å². The van der Waals surface area contributed by atoms with Crippen LogP contribution in [0.15, 0.2) is 57.9 Å². The lowest BCUT2D eigenvalue weighted by Crippen LogP contribution is -1.98. The van der Waals surface area contributed by atoms with E-state index in [2.05, 4.69) is 31.1 Å². The minimum absolute atomic E-state index is 0.446. The summed E-state index contributed by atoms with van der Waals surface area (Å²) in [5, 5.41) is 5.40. The van der Waals surface area contributed by atoms with Crippen LogP contribution in [0.5, 0.6) is 0 Å². The Hall–Kier alpha value is -2.18. The molecular formula is C16H10BrClN4O. The lowest BCUT2D eigenvalue weighted by atomic mass is 10.1. The number of benzene rings is 1. The third kappa shape index (κ3) is 2.75. The van der Waals surface area contributed by atoms with E-state index in [1.54, 1.807) is 0 Å². The van der Waals surface area contributed by atoms with E-state index in [9.17, 15) is 0 Å². The second-order valence-electron chi connectivity index (χ2n) is 5.03. The maximum Gasteiger partial charge on any atom is 0.157 e. The second-order valence-corrected chi connectivity index (χ2v) is 6.30. The number of halogens is 2. The minimum atomic E-state index is 0.446. The zero-order valence-corrected chi connectivity index (χ0v) is 14.1. The Morgan fingerprint density at radius 3 is 2.78 bits per heavy atom. The molecule has 5 nitrogen and oxygen atoms in total. The molecule has 114 valence electrons. The van der Waals surface area contributed by atoms with Gasteiger partial charge in [-0.1, -0.05) is 44.8 Å². The fourth-order valence-electron chi connectivity index (χ4n) is 2.41. The monoisotopic (exact) mass is 388 g/mol. The molecule has 0 bridgehead atoms. The van der Waals surface area contributed by atoms with Crippen molar-refractivity contribution in [2.75, 3.05) is 0 Å². The molecule has 0 saturated carbocycles. The summed E-state index contributed by atoms with van der Waals surface area (Å²) in [6, 6.07) is 11.7. The summed E-state index contributed by atoms with van der Waals surface area (Å²) in [7, 11) is 0. The maximum atomic E-state index is 6.07. The predicted molar refractivity (Wildman–Crippen MR) is 91.3 cm³/mol. The summed E-state index contributed by atoms with van der Waals surface area (Å²) < 4.78 is 8.42. The molecule has 0 unspecified atom stereocenters. The van der Waals surface area contributed by atoms with Gasteiger partial charge in [0, 0.05) is 22.3 Å². The highest BCUT2D eigenvalue weighted by Gasteiger charge is 2.11. The quantitative estimate of drug-likeness (QED) is 0.482. The third-order valence-corrected chi connectivity index (χ3v) is 4.36. The molecule has 4 aromatic rings.